The van der Waals surface area contributed by atoms with Gasteiger partial charge < -0.3 is 5.73 Å². The van der Waals surface area contributed by atoms with Crippen molar-refractivity contribution in [1.29, 1.82) is 0 Å². The zero-order valence-corrected chi connectivity index (χ0v) is 20.5. The number of nitrogens with zero attached hydrogens (tertiary/aromatic N) is 3. The summed E-state index contributed by atoms with van der Waals surface area (Å²) < 4.78 is 27.3. The molecule has 0 radical (unpaired) electrons. The molecule has 0 spiro atoms. The molecule has 0 aromatic heterocycles. The predicted octanol–water partition coefficient (Wildman–Crippen LogP) is 3.75. The van der Waals surface area contributed by atoms with Crippen LogP contribution in [-0.4, -0.2) is 54.7 Å². The highest BCUT2D eigenvalue weighted by atomic mass is 35.5. The van der Waals surface area contributed by atoms with Crippen LogP contribution in [0.15, 0.2) is 28.1 Å². The number of amides is 1. The molecule has 3 rings (SSSR count). The number of hydrogen-bond donors (Lipinski definition) is 1. The minimum absolute atomic E-state index is 0.0432. The molecule has 1 saturated heterocycles. The summed E-state index contributed by atoms with van der Waals surface area (Å²) >= 11 is 11.9. The largest absolute Gasteiger partial charge is 0.369 e. The third-order valence-electron chi connectivity index (χ3n) is 6.01. The number of carbonyl (C=O) groups is 1. The van der Waals surface area contributed by atoms with E-state index in [9.17, 15) is 13.2 Å². The molecular formula is C21H30Cl2N4O3S. The Morgan fingerprint density at radius 2 is 1.87 bits per heavy atom. The Bertz CT molecular complexity index is 975. The molecule has 0 aliphatic carbocycles. The number of carbonyl (C=O) groups excluding carboxylic acids is 1. The third kappa shape index (κ3) is 5.18. The van der Waals surface area contributed by atoms with E-state index in [0.29, 0.717) is 42.9 Å². The van der Waals surface area contributed by atoms with E-state index < -0.39 is 15.6 Å². The number of guanidine groups is 1. The molecule has 1 atom stereocenters. The van der Waals surface area contributed by atoms with Crippen LogP contribution < -0.4 is 5.73 Å². The average molecular weight is 489 g/mol. The van der Waals surface area contributed by atoms with Crippen molar-refractivity contribution in [2.45, 2.75) is 56.9 Å². The van der Waals surface area contributed by atoms with Gasteiger partial charge in [0, 0.05) is 19.6 Å². The number of piperidine rings is 1. The standard InChI is InChI=1S/C21H30Cl2N4O3S/c1-14(2)13-21(3)19(28)27(20(24)25-21)11-8-15-6-9-26(10-7-15)31(29,30)16-4-5-17(22)18(23)12-16/h4-5,12,14-15H,6-11,13H2,1-3H3,(H2,24,25). The van der Waals surface area contributed by atoms with E-state index in [1.807, 2.05) is 6.92 Å². The van der Waals surface area contributed by atoms with Gasteiger partial charge in [0.2, 0.25) is 10.0 Å². The molecule has 0 bridgehead atoms. The van der Waals surface area contributed by atoms with E-state index in [1.54, 1.807) is 4.90 Å². The third-order valence-corrected chi connectivity index (χ3v) is 8.65. The van der Waals surface area contributed by atoms with Crippen LogP contribution in [-0.2, 0) is 14.8 Å². The van der Waals surface area contributed by atoms with Gasteiger partial charge in [-0.15, -0.1) is 0 Å². The maximum absolute atomic E-state index is 12.9. The highest BCUT2D eigenvalue weighted by molar-refractivity contribution is 7.89. The summed E-state index contributed by atoms with van der Waals surface area (Å²) in [5.41, 5.74) is 5.27. The summed E-state index contributed by atoms with van der Waals surface area (Å²) in [6.07, 6.45) is 2.88. The van der Waals surface area contributed by atoms with Gasteiger partial charge >= 0.3 is 0 Å². The number of aliphatic imine (C=N–C) groups is 1. The molecule has 10 heteroatoms. The Balaban J connectivity index is 1.55. The van der Waals surface area contributed by atoms with Crippen LogP contribution in [0, 0.1) is 11.8 Å². The Morgan fingerprint density at radius 3 is 2.45 bits per heavy atom. The van der Waals surface area contributed by atoms with Gasteiger partial charge in [-0.3, -0.25) is 9.69 Å². The lowest BCUT2D eigenvalue weighted by Crippen LogP contribution is -2.45. The minimum Gasteiger partial charge on any atom is -0.369 e. The number of halogens is 2. The molecule has 2 aliphatic heterocycles. The van der Waals surface area contributed by atoms with Crippen molar-refractivity contribution in [3.63, 3.8) is 0 Å². The number of nitrogens with two attached hydrogens (primary N) is 1. The van der Waals surface area contributed by atoms with Gasteiger partial charge in [-0.1, -0.05) is 37.0 Å². The second-order valence-corrected chi connectivity index (χ2v) is 11.8. The van der Waals surface area contributed by atoms with E-state index in [-0.39, 0.29) is 21.8 Å². The summed E-state index contributed by atoms with van der Waals surface area (Å²) in [5.74, 6) is 0.899. The Kier molecular flexibility index (Phi) is 7.25. The van der Waals surface area contributed by atoms with Crippen molar-refractivity contribution in [1.82, 2.24) is 9.21 Å². The van der Waals surface area contributed by atoms with Gasteiger partial charge in [0.25, 0.3) is 5.91 Å². The zero-order chi connectivity index (χ0) is 23.0. The fraction of sp³-hybridized carbons (Fsp3) is 0.619. The van der Waals surface area contributed by atoms with Crippen molar-refractivity contribution in [2.24, 2.45) is 22.6 Å². The van der Waals surface area contributed by atoms with Crippen LogP contribution in [0.3, 0.4) is 0 Å². The van der Waals surface area contributed by atoms with Gasteiger partial charge in [-0.25, -0.2) is 13.4 Å². The second kappa shape index (κ2) is 9.25. The van der Waals surface area contributed by atoms with Crippen LogP contribution in [0.25, 0.3) is 0 Å². The number of hydrogen-bond acceptors (Lipinski definition) is 5. The van der Waals surface area contributed by atoms with Gasteiger partial charge in [0.05, 0.1) is 14.9 Å². The molecule has 1 amide bonds. The maximum atomic E-state index is 12.9. The molecule has 1 aromatic carbocycles. The molecule has 0 saturated carbocycles. The minimum atomic E-state index is -3.61. The first-order valence-corrected chi connectivity index (χ1v) is 12.8. The molecule has 1 fully saturated rings. The molecule has 1 unspecified atom stereocenters. The zero-order valence-electron chi connectivity index (χ0n) is 18.1. The van der Waals surface area contributed by atoms with E-state index >= 15 is 0 Å². The highest BCUT2D eigenvalue weighted by Gasteiger charge is 2.44. The molecule has 7 nitrogen and oxygen atoms in total. The number of benzene rings is 1. The van der Waals surface area contributed by atoms with Crippen LogP contribution >= 0.6 is 23.2 Å². The monoisotopic (exact) mass is 488 g/mol. The quantitative estimate of drug-likeness (QED) is 0.631. The maximum Gasteiger partial charge on any atom is 0.257 e. The lowest BCUT2D eigenvalue weighted by Gasteiger charge is -2.32. The van der Waals surface area contributed by atoms with Gasteiger partial charge in [-0.2, -0.15) is 4.31 Å². The van der Waals surface area contributed by atoms with Gasteiger partial charge in [-0.05, 0) is 62.6 Å². The van der Waals surface area contributed by atoms with E-state index in [4.69, 9.17) is 28.9 Å². The van der Waals surface area contributed by atoms with Crippen molar-refractivity contribution in [2.75, 3.05) is 19.6 Å². The second-order valence-electron chi connectivity index (χ2n) is 9.01. The van der Waals surface area contributed by atoms with Crippen LogP contribution in [0.2, 0.25) is 10.0 Å². The molecule has 2 aliphatic rings. The fourth-order valence-corrected chi connectivity index (χ4v) is 6.30. The Labute approximate surface area is 194 Å². The van der Waals surface area contributed by atoms with Crippen LogP contribution in [0.1, 0.15) is 46.5 Å². The fourth-order valence-electron chi connectivity index (χ4n) is 4.44. The molecule has 2 N–H and O–H groups in total. The lowest BCUT2D eigenvalue weighted by molar-refractivity contribution is -0.131. The van der Waals surface area contributed by atoms with Gasteiger partial charge in [0.1, 0.15) is 5.54 Å². The van der Waals surface area contributed by atoms with Crippen molar-refractivity contribution in [3.05, 3.63) is 28.2 Å². The Hall–Kier alpha value is -1.35. The molecule has 31 heavy (non-hydrogen) atoms. The topological polar surface area (TPSA) is 96.1 Å². The SMILES string of the molecule is CC(C)CC1(C)N=C(N)N(CCC2CCN(S(=O)(=O)c3ccc(Cl)c(Cl)c3)CC2)C1=O. The number of rotatable bonds is 7. The summed E-state index contributed by atoms with van der Waals surface area (Å²) in [7, 11) is -3.61. The first-order valence-electron chi connectivity index (χ1n) is 10.6. The van der Waals surface area contributed by atoms with Crippen molar-refractivity contribution >= 4 is 45.1 Å². The average Bonchev–Trinajstić information content (AvgIpc) is 2.90. The summed E-state index contributed by atoms with van der Waals surface area (Å²) in [4.78, 5) is 19.0. The molecular weight excluding hydrogens is 459 g/mol. The molecule has 1 aromatic rings. The number of sulfonamides is 1. The van der Waals surface area contributed by atoms with Crippen LogP contribution in [0.4, 0.5) is 0 Å². The smallest absolute Gasteiger partial charge is 0.257 e. The first-order chi connectivity index (χ1) is 14.4. The van der Waals surface area contributed by atoms with E-state index in [2.05, 4.69) is 18.8 Å². The van der Waals surface area contributed by atoms with Crippen molar-refractivity contribution in [3.8, 4) is 0 Å². The summed E-state index contributed by atoms with van der Waals surface area (Å²) in [5, 5.41) is 0.541. The highest BCUT2D eigenvalue weighted by Crippen LogP contribution is 2.31. The van der Waals surface area contributed by atoms with E-state index in [0.717, 1.165) is 19.3 Å². The predicted molar refractivity (Wildman–Crippen MR) is 124 cm³/mol. The Morgan fingerprint density at radius 1 is 1.23 bits per heavy atom. The summed E-state index contributed by atoms with van der Waals surface area (Å²) in [6, 6.07) is 4.36. The normalized spacial score (nSPS) is 23.6. The molecule has 172 valence electrons. The van der Waals surface area contributed by atoms with E-state index in [1.165, 1.54) is 22.5 Å². The van der Waals surface area contributed by atoms with Crippen molar-refractivity contribution < 1.29 is 13.2 Å². The summed E-state index contributed by atoms with van der Waals surface area (Å²) in [6.45, 7) is 7.33. The van der Waals surface area contributed by atoms with Crippen LogP contribution in [0.5, 0.6) is 0 Å². The first kappa shape index (κ1) is 24.3. The molecule has 2 heterocycles. The van der Waals surface area contributed by atoms with Gasteiger partial charge in [0.15, 0.2) is 5.96 Å². The lowest BCUT2D eigenvalue weighted by atomic mass is 9.90.